The van der Waals surface area contributed by atoms with Crippen LogP contribution in [-0.4, -0.2) is 24.9 Å². The van der Waals surface area contributed by atoms with E-state index in [0.717, 1.165) is 6.61 Å². The Balaban J connectivity index is 2.30. The number of hydrogen-bond acceptors (Lipinski definition) is 2. The fourth-order valence-electron chi connectivity index (χ4n) is 1.80. The molecule has 1 aliphatic rings. The first-order valence-corrected chi connectivity index (χ1v) is 5.01. The molecule has 1 aliphatic carbocycles. The standard InChI is InChI=1S/C10H20O2/c1-4-11-9-6-5-7-10(9)12-8(2)3/h8-10H,4-7H2,1-3H3. The lowest BCUT2D eigenvalue weighted by atomic mass is 10.2. The summed E-state index contributed by atoms with van der Waals surface area (Å²) in [6.45, 7) is 7.02. The summed E-state index contributed by atoms with van der Waals surface area (Å²) in [6.07, 6.45) is 4.63. The third-order valence-electron chi connectivity index (χ3n) is 2.22. The van der Waals surface area contributed by atoms with Gasteiger partial charge in [-0.1, -0.05) is 0 Å². The first kappa shape index (κ1) is 10.0. The van der Waals surface area contributed by atoms with Gasteiger partial charge in [-0.15, -0.1) is 0 Å². The molecule has 0 aromatic carbocycles. The molecule has 0 heterocycles. The van der Waals surface area contributed by atoms with Crippen molar-refractivity contribution in [3.63, 3.8) is 0 Å². The zero-order valence-corrected chi connectivity index (χ0v) is 8.38. The van der Waals surface area contributed by atoms with Crippen LogP contribution in [0, 0.1) is 0 Å². The smallest absolute Gasteiger partial charge is 0.0840 e. The van der Waals surface area contributed by atoms with E-state index in [1.807, 2.05) is 6.92 Å². The molecule has 0 N–H and O–H groups in total. The number of rotatable bonds is 4. The molecule has 0 aliphatic heterocycles. The van der Waals surface area contributed by atoms with Gasteiger partial charge in [0.25, 0.3) is 0 Å². The van der Waals surface area contributed by atoms with Crippen LogP contribution in [0.25, 0.3) is 0 Å². The Morgan fingerprint density at radius 3 is 2.50 bits per heavy atom. The number of hydrogen-bond donors (Lipinski definition) is 0. The Bertz CT molecular complexity index is 123. The van der Waals surface area contributed by atoms with Gasteiger partial charge in [0.05, 0.1) is 18.3 Å². The van der Waals surface area contributed by atoms with Crippen molar-refractivity contribution in [2.45, 2.75) is 58.3 Å². The van der Waals surface area contributed by atoms with Gasteiger partial charge in [-0.2, -0.15) is 0 Å². The Labute approximate surface area is 75.2 Å². The highest BCUT2D eigenvalue weighted by molar-refractivity contribution is 4.79. The van der Waals surface area contributed by atoms with Gasteiger partial charge in [0.1, 0.15) is 0 Å². The van der Waals surface area contributed by atoms with Crippen molar-refractivity contribution < 1.29 is 9.47 Å². The summed E-state index contributed by atoms with van der Waals surface area (Å²) in [5.74, 6) is 0. The molecule has 1 fully saturated rings. The molecular weight excluding hydrogens is 152 g/mol. The molecule has 72 valence electrons. The quantitative estimate of drug-likeness (QED) is 0.648. The molecule has 2 heteroatoms. The minimum atomic E-state index is 0.330. The fourth-order valence-corrected chi connectivity index (χ4v) is 1.80. The minimum absolute atomic E-state index is 0.330. The van der Waals surface area contributed by atoms with Crippen LogP contribution < -0.4 is 0 Å². The van der Waals surface area contributed by atoms with E-state index in [0.29, 0.717) is 18.3 Å². The highest BCUT2D eigenvalue weighted by atomic mass is 16.5. The topological polar surface area (TPSA) is 18.5 Å². The van der Waals surface area contributed by atoms with Crippen LogP contribution >= 0.6 is 0 Å². The van der Waals surface area contributed by atoms with Crippen LogP contribution in [0.2, 0.25) is 0 Å². The predicted molar refractivity (Wildman–Crippen MR) is 49.3 cm³/mol. The zero-order valence-electron chi connectivity index (χ0n) is 8.38. The molecule has 12 heavy (non-hydrogen) atoms. The maximum absolute atomic E-state index is 5.75. The molecule has 1 saturated carbocycles. The Morgan fingerprint density at radius 1 is 1.25 bits per heavy atom. The van der Waals surface area contributed by atoms with Crippen molar-refractivity contribution in [1.29, 1.82) is 0 Å². The summed E-state index contributed by atoms with van der Waals surface area (Å²) in [6, 6.07) is 0. The second kappa shape index (κ2) is 4.83. The highest BCUT2D eigenvalue weighted by Gasteiger charge is 2.28. The maximum Gasteiger partial charge on any atom is 0.0840 e. The summed E-state index contributed by atoms with van der Waals surface area (Å²) in [5.41, 5.74) is 0. The van der Waals surface area contributed by atoms with E-state index < -0.39 is 0 Å². The third-order valence-corrected chi connectivity index (χ3v) is 2.22. The Morgan fingerprint density at radius 2 is 1.92 bits per heavy atom. The normalized spacial score (nSPS) is 30.0. The van der Waals surface area contributed by atoms with Crippen LogP contribution in [-0.2, 0) is 9.47 Å². The van der Waals surface area contributed by atoms with Gasteiger partial charge < -0.3 is 9.47 Å². The zero-order chi connectivity index (χ0) is 8.97. The first-order chi connectivity index (χ1) is 5.74. The fraction of sp³-hybridized carbons (Fsp3) is 1.00. The van der Waals surface area contributed by atoms with Gasteiger partial charge in [0, 0.05) is 6.61 Å². The van der Waals surface area contributed by atoms with Crippen LogP contribution in [0.3, 0.4) is 0 Å². The average Bonchev–Trinajstić information content (AvgIpc) is 2.37. The second-order valence-corrected chi connectivity index (χ2v) is 3.65. The molecule has 2 unspecified atom stereocenters. The van der Waals surface area contributed by atoms with Gasteiger partial charge >= 0.3 is 0 Å². The van der Waals surface area contributed by atoms with E-state index in [4.69, 9.17) is 9.47 Å². The van der Waals surface area contributed by atoms with Crippen LogP contribution in [0.1, 0.15) is 40.0 Å². The lowest BCUT2D eigenvalue weighted by molar-refractivity contribution is -0.0744. The molecule has 2 atom stereocenters. The van der Waals surface area contributed by atoms with Crippen molar-refractivity contribution in [2.75, 3.05) is 6.61 Å². The van der Waals surface area contributed by atoms with E-state index >= 15 is 0 Å². The Hall–Kier alpha value is -0.0800. The summed E-state index contributed by atoms with van der Waals surface area (Å²) < 4.78 is 11.3. The van der Waals surface area contributed by atoms with Crippen LogP contribution in [0.4, 0.5) is 0 Å². The molecule has 1 rings (SSSR count). The van der Waals surface area contributed by atoms with Gasteiger partial charge in [0.15, 0.2) is 0 Å². The average molecular weight is 172 g/mol. The van der Waals surface area contributed by atoms with Crippen LogP contribution in [0.5, 0.6) is 0 Å². The maximum atomic E-state index is 5.75. The van der Waals surface area contributed by atoms with E-state index in [-0.39, 0.29) is 0 Å². The van der Waals surface area contributed by atoms with Crippen molar-refractivity contribution in [3.8, 4) is 0 Å². The van der Waals surface area contributed by atoms with E-state index in [1.165, 1.54) is 19.3 Å². The van der Waals surface area contributed by atoms with Gasteiger partial charge in [-0.25, -0.2) is 0 Å². The van der Waals surface area contributed by atoms with Gasteiger partial charge in [-0.3, -0.25) is 0 Å². The monoisotopic (exact) mass is 172 g/mol. The second-order valence-electron chi connectivity index (χ2n) is 3.65. The van der Waals surface area contributed by atoms with Crippen molar-refractivity contribution in [1.82, 2.24) is 0 Å². The van der Waals surface area contributed by atoms with E-state index in [1.54, 1.807) is 0 Å². The summed E-state index contributed by atoms with van der Waals surface area (Å²) in [5, 5.41) is 0. The molecule has 0 radical (unpaired) electrons. The van der Waals surface area contributed by atoms with Crippen LogP contribution in [0.15, 0.2) is 0 Å². The molecule has 0 saturated heterocycles. The molecule has 0 aromatic rings. The van der Waals surface area contributed by atoms with Gasteiger partial charge in [0.2, 0.25) is 0 Å². The number of ether oxygens (including phenoxy) is 2. The molecule has 2 nitrogen and oxygen atoms in total. The molecule has 0 bridgehead atoms. The summed E-state index contributed by atoms with van der Waals surface area (Å²) in [4.78, 5) is 0. The molecule has 0 spiro atoms. The summed E-state index contributed by atoms with van der Waals surface area (Å²) >= 11 is 0. The van der Waals surface area contributed by atoms with Crippen molar-refractivity contribution in [2.24, 2.45) is 0 Å². The molecule has 0 amide bonds. The van der Waals surface area contributed by atoms with E-state index in [2.05, 4.69) is 13.8 Å². The van der Waals surface area contributed by atoms with Crippen molar-refractivity contribution >= 4 is 0 Å². The van der Waals surface area contributed by atoms with Gasteiger partial charge in [-0.05, 0) is 40.0 Å². The first-order valence-electron chi connectivity index (χ1n) is 5.01. The Kier molecular flexibility index (Phi) is 4.02. The largest absolute Gasteiger partial charge is 0.376 e. The molecule has 0 aromatic heterocycles. The van der Waals surface area contributed by atoms with Crippen molar-refractivity contribution in [3.05, 3.63) is 0 Å². The van der Waals surface area contributed by atoms with E-state index in [9.17, 15) is 0 Å². The lowest BCUT2D eigenvalue weighted by Crippen LogP contribution is -2.28. The minimum Gasteiger partial charge on any atom is -0.376 e. The predicted octanol–water partition coefficient (Wildman–Crippen LogP) is 2.37. The molecular formula is C10H20O2. The lowest BCUT2D eigenvalue weighted by Gasteiger charge is -2.22. The highest BCUT2D eigenvalue weighted by Crippen LogP contribution is 2.25. The summed E-state index contributed by atoms with van der Waals surface area (Å²) in [7, 11) is 0. The third kappa shape index (κ3) is 2.76. The SMILES string of the molecule is CCOC1CCCC1OC(C)C.